The predicted molar refractivity (Wildman–Crippen MR) is 97.3 cm³/mol. The van der Waals surface area contributed by atoms with E-state index in [9.17, 15) is 14.4 Å². The Bertz CT molecular complexity index is 839. The molecule has 3 amide bonds. The van der Waals surface area contributed by atoms with Crippen molar-refractivity contribution >= 4 is 39.6 Å². The van der Waals surface area contributed by atoms with Gasteiger partial charge in [0.05, 0.1) is 11.8 Å². The van der Waals surface area contributed by atoms with Crippen LogP contribution in [0, 0.1) is 0 Å². The van der Waals surface area contributed by atoms with Gasteiger partial charge in [-0.25, -0.2) is 0 Å². The summed E-state index contributed by atoms with van der Waals surface area (Å²) in [5, 5.41) is 2.18. The molecule has 0 saturated carbocycles. The first-order valence-corrected chi connectivity index (χ1v) is 9.35. The minimum absolute atomic E-state index is 0.0796. The van der Waals surface area contributed by atoms with E-state index in [1.54, 1.807) is 4.90 Å². The molecule has 128 valence electrons. The van der Waals surface area contributed by atoms with Crippen molar-refractivity contribution in [2.45, 2.75) is 18.9 Å². The molecule has 2 aliphatic rings. The molecule has 0 atom stereocenters. The number of thioether (sulfide) groups is 1. The maximum Gasteiger partial charge on any atom is 0.289 e. The Balaban J connectivity index is 1.34. The molecule has 0 aliphatic carbocycles. The number of fused-ring (bicyclic) bond motifs is 1. The quantitative estimate of drug-likeness (QED) is 0.847. The number of rotatable bonds is 4. The van der Waals surface area contributed by atoms with Crippen LogP contribution in [0.4, 0.5) is 4.79 Å². The summed E-state index contributed by atoms with van der Waals surface area (Å²) in [5.41, 5.74) is 1.17. The lowest BCUT2D eigenvalue weighted by atomic mass is 9.99. The van der Waals surface area contributed by atoms with Gasteiger partial charge in [-0.05, 0) is 22.8 Å². The Labute approximate surface area is 150 Å². The molecule has 0 N–H and O–H groups in total. The van der Waals surface area contributed by atoms with Crippen LogP contribution in [-0.2, 0) is 16.0 Å². The van der Waals surface area contributed by atoms with Gasteiger partial charge in [0.15, 0.2) is 0 Å². The molecule has 25 heavy (non-hydrogen) atoms. The lowest BCUT2D eigenvalue weighted by Crippen LogP contribution is -2.62. The van der Waals surface area contributed by atoms with Crippen LogP contribution in [0.2, 0.25) is 0 Å². The SMILES string of the molecule is O=C(CCc1cccc2ccccc12)N1CC(N2C(=O)CSC2=O)C1. The molecule has 0 spiro atoms. The summed E-state index contributed by atoms with van der Waals surface area (Å²) in [4.78, 5) is 38.9. The average Bonchev–Trinajstić information content (AvgIpc) is 2.91. The molecular formula is C19H18N2O3S. The number of hydrogen-bond donors (Lipinski definition) is 0. The normalized spacial score (nSPS) is 18.1. The molecule has 0 bridgehead atoms. The first kappa shape index (κ1) is 16.1. The number of imide groups is 1. The third-order valence-corrected chi connectivity index (χ3v) is 5.69. The van der Waals surface area contributed by atoms with E-state index in [2.05, 4.69) is 24.3 Å². The molecule has 5 nitrogen and oxygen atoms in total. The molecule has 2 aliphatic heterocycles. The van der Waals surface area contributed by atoms with E-state index in [1.807, 2.05) is 18.2 Å². The highest BCUT2D eigenvalue weighted by Gasteiger charge is 2.43. The van der Waals surface area contributed by atoms with Crippen molar-refractivity contribution in [3.05, 3.63) is 48.0 Å². The number of aryl methyl sites for hydroxylation is 1. The smallest absolute Gasteiger partial charge is 0.289 e. The molecule has 6 heteroatoms. The van der Waals surface area contributed by atoms with Gasteiger partial charge in [-0.15, -0.1) is 0 Å². The van der Waals surface area contributed by atoms with E-state index in [1.165, 1.54) is 21.2 Å². The highest BCUT2D eigenvalue weighted by atomic mass is 32.2. The molecular weight excluding hydrogens is 336 g/mol. The van der Waals surface area contributed by atoms with E-state index in [-0.39, 0.29) is 28.8 Å². The number of nitrogens with zero attached hydrogens (tertiary/aromatic N) is 2. The molecule has 0 unspecified atom stereocenters. The zero-order valence-corrected chi connectivity index (χ0v) is 14.5. The van der Waals surface area contributed by atoms with Crippen molar-refractivity contribution in [1.29, 1.82) is 0 Å². The van der Waals surface area contributed by atoms with Crippen molar-refractivity contribution < 1.29 is 14.4 Å². The van der Waals surface area contributed by atoms with Gasteiger partial charge in [0, 0.05) is 19.5 Å². The molecule has 4 rings (SSSR count). The number of benzene rings is 2. The number of carbonyl (C=O) groups excluding carboxylic acids is 3. The number of likely N-dealkylation sites (tertiary alicyclic amines) is 1. The van der Waals surface area contributed by atoms with E-state index in [0.29, 0.717) is 25.9 Å². The van der Waals surface area contributed by atoms with E-state index in [4.69, 9.17) is 0 Å². The first-order chi connectivity index (χ1) is 12.1. The van der Waals surface area contributed by atoms with Crippen LogP contribution in [0.15, 0.2) is 42.5 Å². The summed E-state index contributed by atoms with van der Waals surface area (Å²) in [5.74, 6) is 0.170. The Morgan fingerprint density at radius 3 is 2.60 bits per heavy atom. The average molecular weight is 354 g/mol. The Morgan fingerprint density at radius 1 is 1.08 bits per heavy atom. The third-order valence-electron chi connectivity index (χ3n) is 4.85. The fourth-order valence-corrected chi connectivity index (χ4v) is 4.23. The molecule has 0 radical (unpaired) electrons. The monoisotopic (exact) mass is 354 g/mol. The van der Waals surface area contributed by atoms with Gasteiger partial charge in [0.2, 0.25) is 11.8 Å². The van der Waals surface area contributed by atoms with E-state index >= 15 is 0 Å². The molecule has 2 aromatic carbocycles. The van der Waals surface area contributed by atoms with Crippen LogP contribution in [0.5, 0.6) is 0 Å². The minimum atomic E-state index is -0.183. The number of carbonyl (C=O) groups is 3. The summed E-state index contributed by atoms with van der Waals surface area (Å²) in [7, 11) is 0. The maximum atomic E-state index is 12.4. The topological polar surface area (TPSA) is 57.7 Å². The van der Waals surface area contributed by atoms with Crippen LogP contribution < -0.4 is 0 Å². The van der Waals surface area contributed by atoms with Crippen LogP contribution in [-0.4, -0.2) is 51.7 Å². The second kappa shape index (κ2) is 6.52. The Morgan fingerprint density at radius 2 is 1.84 bits per heavy atom. The third kappa shape index (κ3) is 3.02. The second-order valence-electron chi connectivity index (χ2n) is 6.41. The first-order valence-electron chi connectivity index (χ1n) is 8.37. The summed E-state index contributed by atoms with van der Waals surface area (Å²) in [6.45, 7) is 0.929. The van der Waals surface area contributed by atoms with Gasteiger partial charge < -0.3 is 4.90 Å². The summed E-state index contributed by atoms with van der Waals surface area (Å²) < 4.78 is 0. The summed E-state index contributed by atoms with van der Waals surface area (Å²) in [6.07, 6.45) is 1.14. The van der Waals surface area contributed by atoms with Crippen LogP contribution in [0.3, 0.4) is 0 Å². The van der Waals surface area contributed by atoms with Gasteiger partial charge in [-0.3, -0.25) is 19.3 Å². The van der Waals surface area contributed by atoms with Gasteiger partial charge in [0.25, 0.3) is 5.24 Å². The Hall–Kier alpha value is -2.34. The van der Waals surface area contributed by atoms with Crippen LogP contribution >= 0.6 is 11.8 Å². The van der Waals surface area contributed by atoms with Gasteiger partial charge in [0.1, 0.15) is 0 Å². The van der Waals surface area contributed by atoms with Crippen LogP contribution in [0.25, 0.3) is 10.8 Å². The predicted octanol–water partition coefficient (Wildman–Crippen LogP) is 2.68. The largest absolute Gasteiger partial charge is 0.338 e. The van der Waals surface area contributed by atoms with Crippen molar-refractivity contribution in [2.75, 3.05) is 18.8 Å². The second-order valence-corrected chi connectivity index (χ2v) is 7.34. The van der Waals surface area contributed by atoms with Crippen molar-refractivity contribution in [3.63, 3.8) is 0 Å². The minimum Gasteiger partial charge on any atom is -0.338 e. The lowest BCUT2D eigenvalue weighted by Gasteiger charge is -2.42. The Kier molecular flexibility index (Phi) is 4.21. The molecule has 2 heterocycles. The van der Waals surface area contributed by atoms with Gasteiger partial charge >= 0.3 is 0 Å². The maximum absolute atomic E-state index is 12.4. The molecule has 0 aromatic heterocycles. The summed E-state index contributed by atoms with van der Waals surface area (Å²) in [6, 6.07) is 14.2. The standard InChI is InChI=1S/C19H18N2O3S/c22-17(20-10-15(11-20)21-18(23)12-25-19(21)24)9-8-14-6-3-5-13-4-1-2-7-16(13)14/h1-7,15H,8-12H2. The highest BCUT2D eigenvalue weighted by Crippen LogP contribution is 2.27. The van der Waals surface area contributed by atoms with Crippen molar-refractivity contribution in [1.82, 2.24) is 9.80 Å². The van der Waals surface area contributed by atoms with Gasteiger partial charge in [-0.2, -0.15) is 0 Å². The lowest BCUT2D eigenvalue weighted by molar-refractivity contribution is -0.142. The highest BCUT2D eigenvalue weighted by molar-refractivity contribution is 8.14. The van der Waals surface area contributed by atoms with Crippen molar-refractivity contribution in [2.24, 2.45) is 0 Å². The van der Waals surface area contributed by atoms with Crippen LogP contribution in [0.1, 0.15) is 12.0 Å². The fraction of sp³-hybridized carbons (Fsp3) is 0.316. The number of amides is 3. The van der Waals surface area contributed by atoms with Gasteiger partial charge in [-0.1, -0.05) is 54.2 Å². The van der Waals surface area contributed by atoms with E-state index in [0.717, 1.165) is 11.8 Å². The van der Waals surface area contributed by atoms with E-state index < -0.39 is 0 Å². The fourth-order valence-electron chi connectivity index (χ4n) is 3.45. The molecule has 2 saturated heterocycles. The zero-order chi connectivity index (χ0) is 17.4. The summed E-state index contributed by atoms with van der Waals surface area (Å²) >= 11 is 1.04. The molecule has 2 fully saturated rings. The zero-order valence-electron chi connectivity index (χ0n) is 13.7. The number of hydrogen-bond acceptors (Lipinski definition) is 4. The molecule has 2 aromatic rings. The van der Waals surface area contributed by atoms with Crippen molar-refractivity contribution in [3.8, 4) is 0 Å².